The van der Waals surface area contributed by atoms with Crippen molar-refractivity contribution in [2.45, 2.75) is 57.0 Å². The second-order valence-electron chi connectivity index (χ2n) is 9.64. The molecule has 0 bridgehead atoms. The molecule has 3 aromatic rings. The SMILES string of the molecule is CC1(Nc2ncc3nc(Nc4cccc(F)c4F)n([C@H]4CC[C@H](CN)CC4)c3n2)CCOCC1. The van der Waals surface area contributed by atoms with Crippen LogP contribution in [0.2, 0.25) is 0 Å². The van der Waals surface area contributed by atoms with Gasteiger partial charge in [0.15, 0.2) is 17.3 Å². The smallest absolute Gasteiger partial charge is 0.225 e. The van der Waals surface area contributed by atoms with Crippen molar-refractivity contribution in [1.82, 2.24) is 19.5 Å². The Morgan fingerprint density at radius 2 is 1.91 bits per heavy atom. The van der Waals surface area contributed by atoms with Gasteiger partial charge < -0.3 is 21.1 Å². The molecule has 0 radical (unpaired) electrons. The average Bonchev–Trinajstić information content (AvgIpc) is 3.19. The van der Waals surface area contributed by atoms with Crippen LogP contribution in [0.4, 0.5) is 26.4 Å². The van der Waals surface area contributed by atoms with Gasteiger partial charge in [0, 0.05) is 24.8 Å². The van der Waals surface area contributed by atoms with Crippen LogP contribution in [0, 0.1) is 17.6 Å². The molecule has 1 aromatic carbocycles. The summed E-state index contributed by atoms with van der Waals surface area (Å²) >= 11 is 0. The number of aromatic nitrogens is 4. The summed E-state index contributed by atoms with van der Waals surface area (Å²) in [5, 5.41) is 6.49. The first-order valence-electron chi connectivity index (χ1n) is 12.0. The zero-order valence-corrected chi connectivity index (χ0v) is 19.4. The Kier molecular flexibility index (Phi) is 6.35. The minimum Gasteiger partial charge on any atom is -0.381 e. The summed E-state index contributed by atoms with van der Waals surface area (Å²) in [6, 6.07) is 4.18. The third kappa shape index (κ3) is 4.56. The summed E-state index contributed by atoms with van der Waals surface area (Å²) < 4.78 is 35.8. The number of benzene rings is 1. The molecule has 1 aliphatic heterocycles. The number of halogens is 2. The van der Waals surface area contributed by atoms with E-state index in [2.05, 4.69) is 27.5 Å². The molecule has 0 unspecified atom stereocenters. The van der Waals surface area contributed by atoms with Gasteiger partial charge in [-0.3, -0.25) is 4.57 Å². The molecular weight excluding hydrogens is 440 g/mol. The van der Waals surface area contributed by atoms with Crippen LogP contribution in [-0.2, 0) is 4.74 Å². The Labute approximate surface area is 197 Å². The number of nitrogens with two attached hydrogens (primary N) is 1. The molecule has 4 N–H and O–H groups in total. The minimum absolute atomic E-state index is 0.0354. The van der Waals surface area contributed by atoms with Crippen molar-refractivity contribution in [1.29, 1.82) is 0 Å². The Morgan fingerprint density at radius 3 is 2.65 bits per heavy atom. The predicted octanol–water partition coefficient (Wildman–Crippen LogP) is 4.52. The first kappa shape index (κ1) is 22.9. The van der Waals surface area contributed by atoms with Crippen LogP contribution >= 0.6 is 0 Å². The van der Waals surface area contributed by atoms with E-state index in [-0.39, 0.29) is 17.3 Å². The summed E-state index contributed by atoms with van der Waals surface area (Å²) in [6.07, 6.45) is 7.24. The number of hydrogen-bond donors (Lipinski definition) is 3. The van der Waals surface area contributed by atoms with Gasteiger partial charge in [0.25, 0.3) is 0 Å². The largest absolute Gasteiger partial charge is 0.381 e. The van der Waals surface area contributed by atoms with E-state index in [0.717, 1.165) is 44.6 Å². The van der Waals surface area contributed by atoms with Crippen LogP contribution < -0.4 is 16.4 Å². The second-order valence-corrected chi connectivity index (χ2v) is 9.64. The number of rotatable bonds is 6. The molecule has 0 atom stereocenters. The van der Waals surface area contributed by atoms with Crippen molar-refractivity contribution in [3.63, 3.8) is 0 Å². The molecule has 5 rings (SSSR count). The highest BCUT2D eigenvalue weighted by molar-refractivity contribution is 5.76. The van der Waals surface area contributed by atoms with Crippen molar-refractivity contribution in [2.24, 2.45) is 11.7 Å². The highest BCUT2D eigenvalue weighted by Crippen LogP contribution is 2.37. The van der Waals surface area contributed by atoms with Crippen LogP contribution in [-0.4, -0.2) is 44.8 Å². The van der Waals surface area contributed by atoms with Crippen molar-refractivity contribution < 1.29 is 13.5 Å². The maximum Gasteiger partial charge on any atom is 0.225 e. The Hall–Kier alpha value is -2.85. The van der Waals surface area contributed by atoms with Gasteiger partial charge in [-0.15, -0.1) is 0 Å². The molecule has 1 aliphatic carbocycles. The number of nitrogens with one attached hydrogen (secondary N) is 2. The lowest BCUT2D eigenvalue weighted by Crippen LogP contribution is -2.41. The predicted molar refractivity (Wildman–Crippen MR) is 127 cm³/mol. The van der Waals surface area contributed by atoms with Gasteiger partial charge in [-0.25, -0.2) is 18.7 Å². The van der Waals surface area contributed by atoms with E-state index in [4.69, 9.17) is 15.5 Å². The van der Waals surface area contributed by atoms with Gasteiger partial charge in [-0.1, -0.05) is 6.07 Å². The molecule has 2 fully saturated rings. The van der Waals surface area contributed by atoms with Gasteiger partial charge in [-0.05, 0) is 70.0 Å². The minimum atomic E-state index is -0.936. The normalized spacial score (nSPS) is 22.6. The highest BCUT2D eigenvalue weighted by Gasteiger charge is 2.30. The van der Waals surface area contributed by atoms with Crippen molar-refractivity contribution in [3.05, 3.63) is 36.0 Å². The fraction of sp³-hybridized carbons (Fsp3) is 0.542. The zero-order valence-electron chi connectivity index (χ0n) is 19.4. The maximum absolute atomic E-state index is 14.4. The monoisotopic (exact) mass is 471 g/mol. The van der Waals surface area contributed by atoms with E-state index in [1.54, 1.807) is 6.20 Å². The number of ether oxygens (including phenoxy) is 1. The molecule has 3 heterocycles. The fourth-order valence-corrected chi connectivity index (χ4v) is 4.96. The third-order valence-corrected chi connectivity index (χ3v) is 7.16. The number of hydrogen-bond acceptors (Lipinski definition) is 7. The number of imidazole rings is 1. The van der Waals surface area contributed by atoms with E-state index in [1.807, 2.05) is 4.57 Å². The summed E-state index contributed by atoms with van der Waals surface area (Å²) in [5.41, 5.74) is 7.05. The van der Waals surface area contributed by atoms with Crippen molar-refractivity contribution in [2.75, 3.05) is 30.4 Å². The van der Waals surface area contributed by atoms with E-state index in [1.165, 1.54) is 12.1 Å². The van der Waals surface area contributed by atoms with Crippen LogP contribution in [0.3, 0.4) is 0 Å². The van der Waals surface area contributed by atoms with Gasteiger partial charge >= 0.3 is 0 Å². The zero-order chi connectivity index (χ0) is 23.7. The van der Waals surface area contributed by atoms with Gasteiger partial charge in [-0.2, -0.15) is 4.98 Å². The van der Waals surface area contributed by atoms with Crippen LogP contribution in [0.1, 0.15) is 51.5 Å². The summed E-state index contributed by atoms with van der Waals surface area (Å²) in [4.78, 5) is 14.0. The third-order valence-electron chi connectivity index (χ3n) is 7.16. The molecule has 2 aromatic heterocycles. The van der Waals surface area contributed by atoms with Gasteiger partial charge in [0.05, 0.1) is 11.9 Å². The Morgan fingerprint density at radius 1 is 1.15 bits per heavy atom. The molecule has 0 amide bonds. The van der Waals surface area contributed by atoms with Crippen LogP contribution in [0.5, 0.6) is 0 Å². The molecule has 8 nitrogen and oxygen atoms in total. The summed E-state index contributed by atoms with van der Waals surface area (Å²) in [7, 11) is 0. The lowest BCUT2D eigenvalue weighted by atomic mass is 9.86. The Bertz CT molecular complexity index is 1150. The number of anilines is 3. The standard InChI is InChI=1S/C24H31F2N7O/c1-24(9-11-34-12-10-24)32-22-28-14-19-21(31-22)33(16-7-5-15(13-27)6-8-16)23(30-19)29-18-4-2-3-17(25)20(18)26/h2-4,14-16H,5-13,27H2,1H3,(H,29,30)(H,28,31,32)/t15-,16-. The molecule has 182 valence electrons. The number of fused-ring (bicyclic) bond motifs is 1. The fourth-order valence-electron chi connectivity index (χ4n) is 4.96. The van der Waals surface area contributed by atoms with E-state index in [0.29, 0.717) is 48.7 Å². The lowest BCUT2D eigenvalue weighted by molar-refractivity contribution is 0.0656. The first-order chi connectivity index (χ1) is 16.5. The van der Waals surface area contributed by atoms with Crippen molar-refractivity contribution >= 4 is 28.7 Å². The molecule has 2 aliphatic rings. The first-order valence-corrected chi connectivity index (χ1v) is 12.0. The summed E-state index contributed by atoms with van der Waals surface area (Å²) in [5.74, 6) is -0.388. The number of nitrogens with zero attached hydrogens (tertiary/aromatic N) is 4. The van der Waals surface area contributed by atoms with Crippen LogP contribution in [0.25, 0.3) is 11.2 Å². The van der Waals surface area contributed by atoms with Crippen molar-refractivity contribution in [3.8, 4) is 0 Å². The highest BCUT2D eigenvalue weighted by atomic mass is 19.2. The molecular formula is C24H31F2N7O. The van der Waals surface area contributed by atoms with E-state index < -0.39 is 11.6 Å². The van der Waals surface area contributed by atoms with E-state index >= 15 is 0 Å². The Balaban J connectivity index is 1.53. The van der Waals surface area contributed by atoms with Crippen LogP contribution in [0.15, 0.2) is 24.4 Å². The van der Waals surface area contributed by atoms with Gasteiger partial charge in [0.1, 0.15) is 5.52 Å². The maximum atomic E-state index is 14.4. The quantitative estimate of drug-likeness (QED) is 0.486. The topological polar surface area (TPSA) is 103 Å². The second kappa shape index (κ2) is 9.42. The molecule has 34 heavy (non-hydrogen) atoms. The van der Waals surface area contributed by atoms with Gasteiger partial charge in [0.2, 0.25) is 11.9 Å². The molecule has 1 saturated carbocycles. The lowest BCUT2D eigenvalue weighted by Gasteiger charge is -2.34. The van der Waals surface area contributed by atoms with E-state index in [9.17, 15) is 8.78 Å². The molecule has 10 heteroatoms. The summed E-state index contributed by atoms with van der Waals surface area (Å²) in [6.45, 7) is 4.21. The molecule has 1 saturated heterocycles. The average molecular weight is 472 g/mol. The molecule has 0 spiro atoms.